The maximum absolute atomic E-state index is 12.9. The van der Waals surface area contributed by atoms with Crippen LogP contribution in [0, 0.1) is 0 Å². The lowest BCUT2D eigenvalue weighted by molar-refractivity contribution is 0.0975. The molecule has 152 valence electrons. The van der Waals surface area contributed by atoms with Crippen molar-refractivity contribution in [3.8, 4) is 11.5 Å². The van der Waals surface area contributed by atoms with Crippen LogP contribution in [0.2, 0.25) is 0 Å². The SMILES string of the molecule is Nc1c(OCC(O)CNc2ccccc2)cc(O)c2c1C(=O)c1ccccc1C2=O. The van der Waals surface area contributed by atoms with Crippen LogP contribution in [-0.2, 0) is 0 Å². The van der Waals surface area contributed by atoms with Crippen molar-refractivity contribution in [3.05, 3.63) is 82.9 Å². The van der Waals surface area contributed by atoms with Crippen molar-refractivity contribution >= 4 is 22.9 Å². The van der Waals surface area contributed by atoms with E-state index in [9.17, 15) is 19.8 Å². The Morgan fingerprint density at radius 2 is 1.53 bits per heavy atom. The van der Waals surface area contributed by atoms with Gasteiger partial charge in [0.2, 0.25) is 0 Å². The summed E-state index contributed by atoms with van der Waals surface area (Å²) < 4.78 is 5.57. The molecule has 7 nitrogen and oxygen atoms in total. The summed E-state index contributed by atoms with van der Waals surface area (Å²) in [4.78, 5) is 25.7. The van der Waals surface area contributed by atoms with Gasteiger partial charge in [-0.1, -0.05) is 42.5 Å². The summed E-state index contributed by atoms with van der Waals surface area (Å²) in [5, 5.41) is 23.7. The Balaban J connectivity index is 1.54. The molecule has 0 heterocycles. The van der Waals surface area contributed by atoms with E-state index in [0.717, 1.165) is 5.69 Å². The third-order valence-corrected chi connectivity index (χ3v) is 4.93. The minimum absolute atomic E-state index is 0.0329. The molecule has 0 bridgehead atoms. The minimum Gasteiger partial charge on any atom is -0.507 e. The fourth-order valence-corrected chi connectivity index (χ4v) is 3.43. The van der Waals surface area contributed by atoms with Crippen LogP contribution in [0.1, 0.15) is 31.8 Å². The summed E-state index contributed by atoms with van der Waals surface area (Å²) in [6.45, 7) is 0.104. The number of benzene rings is 3. The van der Waals surface area contributed by atoms with Gasteiger partial charge in [0.25, 0.3) is 0 Å². The van der Waals surface area contributed by atoms with Crippen molar-refractivity contribution in [2.45, 2.75) is 6.10 Å². The maximum Gasteiger partial charge on any atom is 0.198 e. The standard InChI is InChI=1S/C23H20N2O5/c24-21-18(30-12-14(26)11-25-13-6-2-1-3-7-13)10-17(27)19-20(21)23(29)16-9-5-4-8-15(16)22(19)28/h1-10,14,25-27H,11-12,24H2. The first-order chi connectivity index (χ1) is 14.5. The molecular formula is C23H20N2O5. The summed E-state index contributed by atoms with van der Waals surface area (Å²) in [6, 6.07) is 17.0. The highest BCUT2D eigenvalue weighted by Crippen LogP contribution is 2.41. The van der Waals surface area contributed by atoms with Gasteiger partial charge in [0.1, 0.15) is 24.2 Å². The number of para-hydroxylation sites is 1. The van der Waals surface area contributed by atoms with E-state index >= 15 is 0 Å². The van der Waals surface area contributed by atoms with E-state index in [4.69, 9.17) is 10.5 Å². The normalized spacial score (nSPS) is 13.4. The van der Waals surface area contributed by atoms with Crippen LogP contribution in [0.25, 0.3) is 0 Å². The number of rotatable bonds is 6. The Hall–Kier alpha value is -3.84. The molecule has 5 N–H and O–H groups in total. The molecule has 0 amide bonds. The number of anilines is 2. The van der Waals surface area contributed by atoms with Gasteiger partial charge >= 0.3 is 0 Å². The lowest BCUT2D eigenvalue weighted by atomic mass is 9.82. The van der Waals surface area contributed by atoms with Crippen LogP contribution >= 0.6 is 0 Å². The number of phenolic OH excluding ortho intramolecular Hbond substituents is 1. The molecule has 0 saturated carbocycles. The molecule has 0 aromatic heterocycles. The summed E-state index contributed by atoms with van der Waals surface area (Å²) in [6.07, 6.45) is -0.874. The van der Waals surface area contributed by atoms with Crippen molar-refractivity contribution in [3.63, 3.8) is 0 Å². The molecule has 0 aliphatic heterocycles. The molecule has 0 spiro atoms. The van der Waals surface area contributed by atoms with Gasteiger partial charge in [0.15, 0.2) is 11.6 Å². The number of aliphatic hydroxyl groups excluding tert-OH is 1. The minimum atomic E-state index is -0.874. The number of aliphatic hydroxyl groups is 1. The number of fused-ring (bicyclic) bond motifs is 2. The Labute approximate surface area is 172 Å². The predicted octanol–water partition coefficient (Wildman–Crippen LogP) is 2.60. The number of hydrogen-bond acceptors (Lipinski definition) is 7. The lowest BCUT2D eigenvalue weighted by Crippen LogP contribution is -2.27. The van der Waals surface area contributed by atoms with Crippen LogP contribution < -0.4 is 15.8 Å². The van der Waals surface area contributed by atoms with Gasteiger partial charge in [0.05, 0.1) is 16.8 Å². The fraction of sp³-hybridized carbons (Fsp3) is 0.130. The number of carbonyl (C=O) groups excluding carboxylic acids is 2. The molecule has 0 radical (unpaired) electrons. The third kappa shape index (κ3) is 3.46. The molecule has 1 aliphatic rings. The molecule has 7 heteroatoms. The van der Waals surface area contributed by atoms with Gasteiger partial charge in [-0.25, -0.2) is 0 Å². The molecule has 4 rings (SSSR count). The first kappa shape index (κ1) is 19.5. The van der Waals surface area contributed by atoms with Gasteiger partial charge in [-0.3, -0.25) is 9.59 Å². The number of nitrogens with one attached hydrogen (secondary N) is 1. The monoisotopic (exact) mass is 404 g/mol. The fourth-order valence-electron chi connectivity index (χ4n) is 3.43. The molecular weight excluding hydrogens is 384 g/mol. The number of nitrogen functional groups attached to an aromatic ring is 1. The van der Waals surface area contributed by atoms with Crippen molar-refractivity contribution in [2.75, 3.05) is 24.2 Å². The maximum atomic E-state index is 12.9. The molecule has 0 fully saturated rings. The van der Waals surface area contributed by atoms with E-state index < -0.39 is 17.7 Å². The average Bonchev–Trinajstić information content (AvgIpc) is 2.77. The first-order valence-corrected chi connectivity index (χ1v) is 9.41. The quantitative estimate of drug-likeness (QED) is 0.288. The van der Waals surface area contributed by atoms with Gasteiger partial charge in [-0.05, 0) is 12.1 Å². The van der Waals surface area contributed by atoms with Crippen LogP contribution in [-0.4, -0.2) is 41.0 Å². The molecule has 1 atom stereocenters. The van der Waals surface area contributed by atoms with E-state index in [1.54, 1.807) is 18.2 Å². The second-order valence-corrected chi connectivity index (χ2v) is 6.97. The van der Waals surface area contributed by atoms with Crippen LogP contribution in [0.15, 0.2) is 60.7 Å². The molecule has 0 saturated heterocycles. The van der Waals surface area contributed by atoms with Crippen molar-refractivity contribution in [2.24, 2.45) is 0 Å². The van der Waals surface area contributed by atoms with E-state index in [1.807, 2.05) is 30.3 Å². The van der Waals surface area contributed by atoms with Crippen LogP contribution in [0.4, 0.5) is 11.4 Å². The van der Waals surface area contributed by atoms with E-state index in [1.165, 1.54) is 12.1 Å². The Morgan fingerprint density at radius 1 is 0.933 bits per heavy atom. The second-order valence-electron chi connectivity index (χ2n) is 6.97. The molecule has 3 aromatic carbocycles. The number of ketones is 2. The smallest absolute Gasteiger partial charge is 0.198 e. The molecule has 3 aromatic rings. The van der Waals surface area contributed by atoms with Gasteiger partial charge < -0.3 is 26.0 Å². The largest absolute Gasteiger partial charge is 0.507 e. The highest BCUT2D eigenvalue weighted by atomic mass is 16.5. The summed E-state index contributed by atoms with van der Waals surface area (Å²) in [5.74, 6) is -1.28. The lowest BCUT2D eigenvalue weighted by Gasteiger charge is -2.22. The number of ether oxygens (including phenoxy) is 1. The Bertz CT molecular complexity index is 1130. The van der Waals surface area contributed by atoms with Gasteiger partial charge in [-0.15, -0.1) is 0 Å². The highest BCUT2D eigenvalue weighted by Gasteiger charge is 2.35. The third-order valence-electron chi connectivity index (χ3n) is 4.93. The number of phenols is 1. The average molecular weight is 404 g/mol. The molecule has 30 heavy (non-hydrogen) atoms. The zero-order valence-electron chi connectivity index (χ0n) is 16.0. The Morgan fingerprint density at radius 3 is 2.20 bits per heavy atom. The number of carbonyl (C=O) groups is 2. The second kappa shape index (κ2) is 7.88. The van der Waals surface area contributed by atoms with Crippen LogP contribution in [0.3, 0.4) is 0 Å². The number of aromatic hydroxyl groups is 1. The zero-order chi connectivity index (χ0) is 21.3. The van der Waals surface area contributed by atoms with Crippen molar-refractivity contribution < 1.29 is 24.5 Å². The van der Waals surface area contributed by atoms with Gasteiger partial charge in [-0.2, -0.15) is 0 Å². The highest BCUT2D eigenvalue weighted by molar-refractivity contribution is 6.31. The van der Waals surface area contributed by atoms with Crippen LogP contribution in [0.5, 0.6) is 11.5 Å². The summed E-state index contributed by atoms with van der Waals surface area (Å²) >= 11 is 0. The van der Waals surface area contributed by atoms with E-state index in [2.05, 4.69) is 5.32 Å². The summed E-state index contributed by atoms with van der Waals surface area (Å²) in [7, 11) is 0. The van der Waals surface area contributed by atoms with E-state index in [0.29, 0.717) is 0 Å². The van der Waals surface area contributed by atoms with E-state index in [-0.39, 0.29) is 52.6 Å². The first-order valence-electron chi connectivity index (χ1n) is 9.41. The Kier molecular flexibility index (Phi) is 5.12. The number of nitrogens with two attached hydrogens (primary N) is 1. The van der Waals surface area contributed by atoms with Gasteiger partial charge in [0, 0.05) is 29.4 Å². The topological polar surface area (TPSA) is 122 Å². The predicted molar refractivity (Wildman–Crippen MR) is 112 cm³/mol. The molecule has 1 unspecified atom stereocenters. The zero-order valence-corrected chi connectivity index (χ0v) is 16.0. The van der Waals surface area contributed by atoms with Crippen molar-refractivity contribution in [1.29, 1.82) is 0 Å². The van der Waals surface area contributed by atoms with Crippen molar-refractivity contribution in [1.82, 2.24) is 0 Å². The number of hydrogen-bond donors (Lipinski definition) is 4. The molecule has 1 aliphatic carbocycles. The summed E-state index contributed by atoms with van der Waals surface area (Å²) in [5.41, 5.74) is 7.18.